The summed E-state index contributed by atoms with van der Waals surface area (Å²) in [5.41, 5.74) is 6.49. The first kappa shape index (κ1) is 10.0. The van der Waals surface area contributed by atoms with Crippen LogP contribution in [-0.4, -0.2) is 5.84 Å². The Balaban J connectivity index is 2.92. The Morgan fingerprint density at radius 2 is 1.92 bits per heavy atom. The molecule has 3 nitrogen and oxygen atoms in total. The minimum Gasteiger partial charge on any atom is -0.428 e. The van der Waals surface area contributed by atoms with Crippen LogP contribution in [0.1, 0.15) is 5.56 Å². The fourth-order valence-corrected chi connectivity index (χ4v) is 1.30. The van der Waals surface area contributed by atoms with E-state index in [1.807, 2.05) is 70.1 Å². The van der Waals surface area contributed by atoms with E-state index in [0.717, 1.165) is 11.3 Å². The molecule has 0 amide bonds. The monoisotopic (exact) mass is 388 g/mol. The second-order valence-corrected chi connectivity index (χ2v) is 2.99. The summed E-state index contributed by atoms with van der Waals surface area (Å²) in [6, 6.07) is 7.42. The molecule has 1 aromatic carbocycles. The van der Waals surface area contributed by atoms with Crippen LogP contribution < -0.4 is 8.80 Å². The lowest BCUT2D eigenvalue weighted by molar-refractivity contribution is 0.717. The summed E-state index contributed by atoms with van der Waals surface area (Å²) in [6.07, 6.45) is 0. The molecule has 0 aliphatic rings. The van der Waals surface area contributed by atoms with Crippen molar-refractivity contribution in [1.82, 2.24) is 0 Å². The van der Waals surface area contributed by atoms with Gasteiger partial charge in [-0.25, -0.2) is 0 Å². The lowest BCUT2D eigenvalue weighted by atomic mass is 10.2. The van der Waals surface area contributed by atoms with E-state index in [4.69, 9.17) is 8.80 Å². The summed E-state index contributed by atoms with van der Waals surface area (Å²) >= 11 is 3.69. The fraction of sp³-hybridized carbons (Fsp3) is 0. The van der Waals surface area contributed by atoms with Crippen molar-refractivity contribution in [2.24, 2.45) is 8.94 Å². The molecule has 5 heteroatoms. The zero-order chi connectivity index (χ0) is 8.97. The van der Waals surface area contributed by atoms with Gasteiger partial charge in [0, 0.05) is 5.56 Å². The number of hydrogen-bond donors (Lipinski definition) is 1. The summed E-state index contributed by atoms with van der Waals surface area (Å²) in [6.45, 7) is 0. The molecule has 0 spiro atoms. The molecular weight excluding hydrogens is 382 g/mol. The predicted octanol–water partition coefficient (Wildman–Crippen LogP) is 2.47. The number of rotatable bonds is 2. The van der Waals surface area contributed by atoms with Gasteiger partial charge in [0.1, 0.15) is 11.6 Å². The second kappa shape index (κ2) is 4.85. The highest BCUT2D eigenvalue weighted by atomic mass is 127. The van der Waals surface area contributed by atoms with Gasteiger partial charge in [0.15, 0.2) is 23.0 Å². The van der Waals surface area contributed by atoms with Crippen LogP contribution in [0.25, 0.3) is 0 Å². The van der Waals surface area contributed by atoms with Crippen molar-refractivity contribution in [3.63, 3.8) is 0 Å². The highest BCUT2D eigenvalue weighted by Gasteiger charge is 1.97. The van der Waals surface area contributed by atoms with Crippen molar-refractivity contribution in [2.45, 2.75) is 0 Å². The Bertz CT molecular complexity index is 284. The van der Waals surface area contributed by atoms with Gasteiger partial charge in [0.2, 0.25) is 0 Å². The van der Waals surface area contributed by atoms with Crippen LogP contribution in [-0.2, 0) is 0 Å². The predicted molar refractivity (Wildman–Crippen MR) is 65.8 cm³/mol. The smallest absolute Gasteiger partial charge is 0.192 e. The fourth-order valence-electron chi connectivity index (χ4n) is 0.726. The molecule has 0 atom stereocenters. The average molecular weight is 388 g/mol. The average Bonchev–Trinajstić information content (AvgIpc) is 2.17. The highest BCUT2D eigenvalue weighted by Crippen LogP contribution is 2.14. The van der Waals surface area contributed by atoms with E-state index in [1.165, 1.54) is 0 Å². The van der Waals surface area contributed by atoms with Gasteiger partial charge < -0.3 is 8.80 Å². The molecule has 2 N–H and O–H groups in total. The van der Waals surface area contributed by atoms with Crippen molar-refractivity contribution < 1.29 is 3.07 Å². The van der Waals surface area contributed by atoms with Crippen molar-refractivity contribution in [2.75, 3.05) is 0 Å². The van der Waals surface area contributed by atoms with E-state index in [1.54, 1.807) is 0 Å². The van der Waals surface area contributed by atoms with Gasteiger partial charge in [0.25, 0.3) is 0 Å². The summed E-state index contributed by atoms with van der Waals surface area (Å²) in [5.74, 6) is 1.33. The molecule has 0 aromatic heterocycles. The van der Waals surface area contributed by atoms with Crippen LogP contribution in [0.15, 0.2) is 27.5 Å². The highest BCUT2D eigenvalue weighted by molar-refractivity contribution is 14.1. The molecule has 12 heavy (non-hydrogen) atoms. The molecule has 0 radical (unpaired) electrons. The number of benzene rings is 1. The van der Waals surface area contributed by atoms with Gasteiger partial charge in [-0.1, -0.05) is 0 Å². The molecule has 0 saturated heterocycles. The van der Waals surface area contributed by atoms with Crippen molar-refractivity contribution in [3.8, 4) is 5.75 Å². The Morgan fingerprint density at radius 1 is 1.33 bits per heavy atom. The van der Waals surface area contributed by atoms with Crippen molar-refractivity contribution in [3.05, 3.63) is 29.8 Å². The van der Waals surface area contributed by atoms with Gasteiger partial charge >= 0.3 is 0 Å². The zero-order valence-electron chi connectivity index (χ0n) is 6.00. The van der Waals surface area contributed by atoms with Crippen LogP contribution in [0.5, 0.6) is 5.75 Å². The summed E-state index contributed by atoms with van der Waals surface area (Å²) in [4.78, 5) is 0. The quantitative estimate of drug-likeness (QED) is 0.481. The van der Waals surface area contributed by atoms with Gasteiger partial charge in [-0.05, 0) is 24.3 Å². The molecule has 1 aromatic rings. The molecule has 0 fully saturated rings. The Labute approximate surface area is 98.6 Å². The maximum atomic E-state index is 5.59. The standard InChI is InChI=1S/C7H6I2N2O/c8-11-7(10)5-1-3-6(12-9)4-2-5/h1-4H,(H2,10,11). The largest absolute Gasteiger partial charge is 0.428 e. The Morgan fingerprint density at radius 3 is 2.33 bits per heavy atom. The molecule has 1 rings (SSSR count). The summed E-state index contributed by atoms with van der Waals surface area (Å²) in [5, 5.41) is 0. The zero-order valence-corrected chi connectivity index (χ0v) is 10.3. The number of nitrogens with zero attached hydrogens (tertiary/aromatic N) is 1. The van der Waals surface area contributed by atoms with Crippen LogP contribution >= 0.6 is 45.9 Å². The molecule has 0 unspecified atom stereocenters. The minimum atomic E-state index is 0.524. The first-order valence-corrected chi connectivity index (χ1v) is 4.96. The molecule has 0 saturated carbocycles. The van der Waals surface area contributed by atoms with E-state index >= 15 is 0 Å². The molecule has 0 aliphatic heterocycles. The second-order valence-electron chi connectivity index (χ2n) is 2.07. The maximum absolute atomic E-state index is 5.59. The van der Waals surface area contributed by atoms with E-state index in [2.05, 4.69) is 3.21 Å². The minimum absolute atomic E-state index is 0.524. The Kier molecular flexibility index (Phi) is 4.06. The van der Waals surface area contributed by atoms with E-state index in [-0.39, 0.29) is 0 Å². The van der Waals surface area contributed by atoms with Crippen LogP contribution in [0.2, 0.25) is 0 Å². The number of halogens is 2. The van der Waals surface area contributed by atoms with Crippen LogP contribution in [0.3, 0.4) is 0 Å². The van der Waals surface area contributed by atoms with Crippen LogP contribution in [0.4, 0.5) is 0 Å². The van der Waals surface area contributed by atoms with Gasteiger partial charge in [-0.3, -0.25) is 0 Å². The third-order valence-electron chi connectivity index (χ3n) is 1.33. The van der Waals surface area contributed by atoms with E-state index in [0.29, 0.717) is 5.84 Å². The molecule has 0 aliphatic carbocycles. The van der Waals surface area contributed by atoms with Gasteiger partial charge in [-0.15, -0.1) is 0 Å². The van der Waals surface area contributed by atoms with Gasteiger partial charge in [0.05, 0.1) is 22.9 Å². The normalized spacial score (nSPS) is 11.3. The van der Waals surface area contributed by atoms with E-state index < -0.39 is 0 Å². The van der Waals surface area contributed by atoms with E-state index in [9.17, 15) is 0 Å². The molecular formula is C7H6I2N2O. The van der Waals surface area contributed by atoms with Crippen molar-refractivity contribution >= 4 is 51.7 Å². The molecule has 64 valence electrons. The molecule has 0 heterocycles. The molecule has 0 bridgehead atoms. The third kappa shape index (κ3) is 2.47. The summed E-state index contributed by atoms with van der Waals surface area (Å²) in [7, 11) is 0. The third-order valence-corrected chi connectivity index (χ3v) is 2.36. The number of nitrogens with two attached hydrogens (primary N) is 1. The number of amidine groups is 1. The topological polar surface area (TPSA) is 47.6 Å². The van der Waals surface area contributed by atoms with Crippen LogP contribution in [0, 0.1) is 0 Å². The number of hydrogen-bond acceptors (Lipinski definition) is 2. The van der Waals surface area contributed by atoms with Gasteiger partial charge in [-0.2, -0.15) is 3.21 Å². The lowest BCUT2D eigenvalue weighted by Gasteiger charge is -1.99. The summed E-state index contributed by atoms with van der Waals surface area (Å²) < 4.78 is 8.81. The van der Waals surface area contributed by atoms with Crippen molar-refractivity contribution in [1.29, 1.82) is 0 Å². The first-order chi connectivity index (χ1) is 5.77. The SMILES string of the molecule is NC(=NI)c1ccc(OI)cc1. The Hall–Kier alpha value is -0.0500. The maximum Gasteiger partial charge on any atom is 0.192 e. The first-order valence-electron chi connectivity index (χ1n) is 3.11. The lowest BCUT2D eigenvalue weighted by Crippen LogP contribution is -2.11.